The Balaban J connectivity index is 3.41. The van der Waals surface area contributed by atoms with E-state index in [1.54, 1.807) is 23.2 Å². The second-order valence-corrected chi connectivity index (χ2v) is 4.08. The normalized spacial score (nSPS) is 10.9. The standard InChI is InChI=1S/C14H19NO4/c1-15(2)8-11(9-16)10-6-12(17-3)14(19-5)13(7-10)18-4/h6-9H,1-5H3. The van der Waals surface area contributed by atoms with E-state index >= 15 is 0 Å². The first-order valence-corrected chi connectivity index (χ1v) is 5.71. The van der Waals surface area contributed by atoms with E-state index in [1.807, 2.05) is 14.1 Å². The number of carbonyl (C=O) groups excluding carboxylic acids is 1. The van der Waals surface area contributed by atoms with Crippen LogP contribution in [0.2, 0.25) is 0 Å². The third-order valence-corrected chi connectivity index (χ3v) is 2.52. The summed E-state index contributed by atoms with van der Waals surface area (Å²) in [5.41, 5.74) is 1.24. The van der Waals surface area contributed by atoms with Gasteiger partial charge in [0.15, 0.2) is 17.8 Å². The number of allylic oxidation sites excluding steroid dienone is 1. The number of benzene rings is 1. The minimum absolute atomic E-state index is 0.504. The predicted octanol–water partition coefficient (Wildman–Crippen LogP) is 1.81. The lowest BCUT2D eigenvalue weighted by Crippen LogP contribution is -2.04. The molecule has 0 spiro atoms. The molecule has 19 heavy (non-hydrogen) atoms. The third-order valence-electron chi connectivity index (χ3n) is 2.52. The van der Waals surface area contributed by atoms with Crippen LogP contribution in [-0.2, 0) is 4.79 Å². The lowest BCUT2D eigenvalue weighted by atomic mass is 10.1. The fourth-order valence-electron chi connectivity index (χ4n) is 1.70. The van der Waals surface area contributed by atoms with E-state index in [2.05, 4.69) is 0 Å². The number of nitrogens with zero attached hydrogens (tertiary/aromatic N) is 1. The smallest absolute Gasteiger partial charge is 0.203 e. The molecule has 5 heteroatoms. The Labute approximate surface area is 113 Å². The van der Waals surface area contributed by atoms with Crippen molar-refractivity contribution in [1.29, 1.82) is 0 Å². The van der Waals surface area contributed by atoms with Crippen molar-refractivity contribution in [3.05, 3.63) is 23.9 Å². The summed E-state index contributed by atoms with van der Waals surface area (Å²) in [6.45, 7) is 0. The molecule has 0 aliphatic heterocycles. The SMILES string of the molecule is COc1cc(C(C=O)=CN(C)C)cc(OC)c1OC. The lowest BCUT2D eigenvalue weighted by molar-refractivity contribution is -0.103. The van der Waals surface area contributed by atoms with Crippen molar-refractivity contribution in [2.24, 2.45) is 0 Å². The predicted molar refractivity (Wildman–Crippen MR) is 73.8 cm³/mol. The van der Waals surface area contributed by atoms with Gasteiger partial charge in [0.05, 0.1) is 21.3 Å². The number of carbonyl (C=O) groups is 1. The molecule has 104 valence electrons. The highest BCUT2D eigenvalue weighted by molar-refractivity contribution is 6.07. The Kier molecular flexibility index (Phi) is 5.23. The maximum atomic E-state index is 11.2. The molecule has 1 rings (SSSR count). The van der Waals surface area contributed by atoms with Gasteiger partial charge in [0.25, 0.3) is 0 Å². The van der Waals surface area contributed by atoms with Gasteiger partial charge in [-0.05, 0) is 17.7 Å². The van der Waals surface area contributed by atoms with Gasteiger partial charge in [-0.3, -0.25) is 4.79 Å². The summed E-state index contributed by atoms with van der Waals surface area (Å²) in [4.78, 5) is 13.0. The molecule has 0 N–H and O–H groups in total. The van der Waals surface area contributed by atoms with Crippen molar-refractivity contribution in [1.82, 2.24) is 4.90 Å². The Morgan fingerprint density at radius 3 is 1.89 bits per heavy atom. The first kappa shape index (κ1) is 14.9. The summed E-state index contributed by atoms with van der Waals surface area (Å²) >= 11 is 0. The maximum absolute atomic E-state index is 11.2. The Bertz CT molecular complexity index is 455. The van der Waals surface area contributed by atoms with Crippen LogP contribution in [0.4, 0.5) is 0 Å². The Morgan fingerprint density at radius 2 is 1.58 bits per heavy atom. The Morgan fingerprint density at radius 1 is 1.05 bits per heavy atom. The van der Waals surface area contributed by atoms with Crippen molar-refractivity contribution in [3.8, 4) is 17.2 Å². The molecule has 0 saturated heterocycles. The number of methoxy groups -OCH3 is 3. The molecular weight excluding hydrogens is 246 g/mol. The van der Waals surface area contributed by atoms with Gasteiger partial charge in [0, 0.05) is 25.9 Å². The van der Waals surface area contributed by atoms with Gasteiger partial charge in [0.2, 0.25) is 5.75 Å². The summed E-state index contributed by atoms with van der Waals surface area (Å²) in [5, 5.41) is 0. The van der Waals surface area contributed by atoms with Gasteiger partial charge in [-0.2, -0.15) is 0 Å². The zero-order chi connectivity index (χ0) is 14.4. The van der Waals surface area contributed by atoms with E-state index in [9.17, 15) is 4.79 Å². The maximum Gasteiger partial charge on any atom is 0.203 e. The molecule has 0 atom stereocenters. The van der Waals surface area contributed by atoms with Crippen LogP contribution in [0.1, 0.15) is 5.56 Å². The van der Waals surface area contributed by atoms with Crippen LogP contribution >= 0.6 is 0 Å². The van der Waals surface area contributed by atoms with Crippen LogP contribution in [0.15, 0.2) is 18.3 Å². The highest BCUT2D eigenvalue weighted by Crippen LogP contribution is 2.39. The van der Waals surface area contributed by atoms with Crippen molar-refractivity contribution in [2.45, 2.75) is 0 Å². The van der Waals surface area contributed by atoms with Crippen LogP contribution in [0.3, 0.4) is 0 Å². The second kappa shape index (κ2) is 6.68. The first-order valence-electron chi connectivity index (χ1n) is 5.71. The number of rotatable bonds is 6. The highest BCUT2D eigenvalue weighted by atomic mass is 16.5. The fraction of sp³-hybridized carbons (Fsp3) is 0.357. The van der Waals surface area contributed by atoms with Crippen LogP contribution < -0.4 is 14.2 Å². The van der Waals surface area contributed by atoms with Crippen molar-refractivity contribution < 1.29 is 19.0 Å². The van der Waals surface area contributed by atoms with E-state index in [0.717, 1.165) is 6.29 Å². The van der Waals surface area contributed by atoms with Crippen LogP contribution in [0, 0.1) is 0 Å². The summed E-state index contributed by atoms with van der Waals surface area (Å²) in [7, 11) is 8.31. The van der Waals surface area contributed by atoms with Crippen molar-refractivity contribution in [2.75, 3.05) is 35.4 Å². The molecule has 0 amide bonds. The van der Waals surface area contributed by atoms with Crippen molar-refractivity contribution >= 4 is 11.9 Å². The van der Waals surface area contributed by atoms with Gasteiger partial charge in [0.1, 0.15) is 0 Å². The van der Waals surface area contributed by atoms with Gasteiger partial charge >= 0.3 is 0 Å². The zero-order valence-electron chi connectivity index (χ0n) is 11.9. The molecule has 0 saturated carbocycles. The average Bonchev–Trinajstić information content (AvgIpc) is 2.42. The molecule has 0 aromatic heterocycles. The molecule has 0 unspecified atom stereocenters. The van der Waals surface area contributed by atoms with Crippen LogP contribution in [0.25, 0.3) is 5.57 Å². The lowest BCUT2D eigenvalue weighted by Gasteiger charge is -2.15. The molecule has 0 aliphatic carbocycles. The van der Waals surface area contributed by atoms with Gasteiger partial charge in [-0.25, -0.2) is 0 Å². The number of ether oxygens (including phenoxy) is 3. The third kappa shape index (κ3) is 3.40. The van der Waals surface area contributed by atoms with Gasteiger partial charge in [-0.15, -0.1) is 0 Å². The molecule has 0 bridgehead atoms. The second-order valence-electron chi connectivity index (χ2n) is 4.08. The molecular formula is C14H19NO4. The summed E-state index contributed by atoms with van der Waals surface area (Å²) in [6.07, 6.45) is 2.52. The average molecular weight is 265 g/mol. The number of hydrogen-bond acceptors (Lipinski definition) is 5. The van der Waals surface area contributed by atoms with E-state index in [4.69, 9.17) is 14.2 Å². The summed E-state index contributed by atoms with van der Waals surface area (Å²) in [5.74, 6) is 1.54. The molecule has 1 aromatic carbocycles. The zero-order valence-corrected chi connectivity index (χ0v) is 11.9. The summed E-state index contributed by atoms with van der Waals surface area (Å²) in [6, 6.07) is 3.48. The van der Waals surface area contributed by atoms with Gasteiger partial charge < -0.3 is 19.1 Å². The monoisotopic (exact) mass is 265 g/mol. The van der Waals surface area contributed by atoms with Crippen LogP contribution in [-0.4, -0.2) is 46.6 Å². The Hall–Kier alpha value is -2.17. The van der Waals surface area contributed by atoms with Crippen LogP contribution in [0.5, 0.6) is 17.2 Å². The molecule has 0 radical (unpaired) electrons. The summed E-state index contributed by atoms with van der Waals surface area (Å²) < 4.78 is 15.8. The minimum Gasteiger partial charge on any atom is -0.493 e. The topological polar surface area (TPSA) is 48.0 Å². The molecule has 0 heterocycles. The van der Waals surface area contributed by atoms with E-state index < -0.39 is 0 Å². The quantitative estimate of drug-likeness (QED) is 0.580. The van der Waals surface area contributed by atoms with Gasteiger partial charge in [-0.1, -0.05) is 0 Å². The molecule has 5 nitrogen and oxygen atoms in total. The molecule has 0 fully saturated rings. The largest absolute Gasteiger partial charge is 0.493 e. The molecule has 1 aromatic rings. The highest BCUT2D eigenvalue weighted by Gasteiger charge is 2.15. The fourth-order valence-corrected chi connectivity index (χ4v) is 1.70. The first-order chi connectivity index (χ1) is 9.07. The van der Waals surface area contributed by atoms with E-state index in [-0.39, 0.29) is 0 Å². The molecule has 0 aliphatic rings. The number of aldehydes is 1. The van der Waals surface area contributed by atoms with Crippen molar-refractivity contribution in [3.63, 3.8) is 0 Å². The number of hydrogen-bond donors (Lipinski definition) is 0. The minimum atomic E-state index is 0.504. The van der Waals surface area contributed by atoms with E-state index in [1.165, 1.54) is 21.3 Å². The van der Waals surface area contributed by atoms with E-state index in [0.29, 0.717) is 28.4 Å².